The maximum absolute atomic E-state index is 9.09. The van der Waals surface area contributed by atoms with E-state index in [1.54, 1.807) is 6.92 Å². The molecule has 2 unspecified atom stereocenters. The Labute approximate surface area is 62.8 Å². The SMILES string of the molecule is CCCCC(C=N)C(C)O. The fourth-order valence-electron chi connectivity index (χ4n) is 0.904. The Morgan fingerprint density at radius 1 is 1.60 bits per heavy atom. The molecule has 60 valence electrons. The second-order valence-electron chi connectivity index (χ2n) is 2.71. The van der Waals surface area contributed by atoms with Crippen LogP contribution in [0.3, 0.4) is 0 Å². The maximum Gasteiger partial charge on any atom is 0.0589 e. The van der Waals surface area contributed by atoms with Crippen LogP contribution in [-0.2, 0) is 0 Å². The molecule has 10 heavy (non-hydrogen) atoms. The van der Waals surface area contributed by atoms with Gasteiger partial charge in [-0.25, -0.2) is 0 Å². The van der Waals surface area contributed by atoms with Gasteiger partial charge in [0.2, 0.25) is 0 Å². The number of aliphatic hydroxyl groups is 1. The Morgan fingerprint density at radius 3 is 2.50 bits per heavy atom. The maximum atomic E-state index is 9.09. The van der Waals surface area contributed by atoms with E-state index in [4.69, 9.17) is 10.5 Å². The highest BCUT2D eigenvalue weighted by atomic mass is 16.3. The molecule has 0 aliphatic rings. The average Bonchev–Trinajstić information content (AvgIpc) is 1.89. The summed E-state index contributed by atoms with van der Waals surface area (Å²) in [7, 11) is 0. The second-order valence-corrected chi connectivity index (χ2v) is 2.71. The van der Waals surface area contributed by atoms with Crippen molar-refractivity contribution in [1.29, 1.82) is 5.41 Å². The second kappa shape index (κ2) is 5.42. The highest BCUT2D eigenvalue weighted by Gasteiger charge is 2.09. The molecule has 0 aromatic heterocycles. The summed E-state index contributed by atoms with van der Waals surface area (Å²) in [6.45, 7) is 3.86. The molecule has 0 rings (SSSR count). The molecule has 0 spiro atoms. The van der Waals surface area contributed by atoms with Gasteiger partial charge in [0.25, 0.3) is 0 Å². The molecule has 2 atom stereocenters. The molecule has 2 heteroatoms. The summed E-state index contributed by atoms with van der Waals surface area (Å²) in [4.78, 5) is 0. The van der Waals surface area contributed by atoms with Gasteiger partial charge in [-0.15, -0.1) is 0 Å². The van der Waals surface area contributed by atoms with Gasteiger partial charge < -0.3 is 10.5 Å². The van der Waals surface area contributed by atoms with Gasteiger partial charge in [-0.3, -0.25) is 0 Å². The smallest absolute Gasteiger partial charge is 0.0589 e. The number of rotatable bonds is 5. The third-order valence-electron chi connectivity index (χ3n) is 1.72. The molecular formula is C8H17NO. The highest BCUT2D eigenvalue weighted by molar-refractivity contribution is 5.57. The molecule has 2 N–H and O–H groups in total. The molecule has 2 nitrogen and oxygen atoms in total. The minimum atomic E-state index is -0.357. The lowest BCUT2D eigenvalue weighted by Gasteiger charge is -2.12. The van der Waals surface area contributed by atoms with Crippen molar-refractivity contribution in [3.63, 3.8) is 0 Å². The third kappa shape index (κ3) is 3.62. The largest absolute Gasteiger partial charge is 0.393 e. The molecule has 0 fully saturated rings. The third-order valence-corrected chi connectivity index (χ3v) is 1.72. The zero-order chi connectivity index (χ0) is 7.98. The summed E-state index contributed by atoms with van der Waals surface area (Å²) >= 11 is 0. The monoisotopic (exact) mass is 143 g/mol. The molecule has 0 saturated carbocycles. The molecule has 0 aliphatic carbocycles. The minimum Gasteiger partial charge on any atom is -0.393 e. The van der Waals surface area contributed by atoms with Crippen LogP contribution < -0.4 is 0 Å². The van der Waals surface area contributed by atoms with E-state index in [0.717, 1.165) is 19.3 Å². The van der Waals surface area contributed by atoms with E-state index >= 15 is 0 Å². The van der Waals surface area contributed by atoms with Gasteiger partial charge in [-0.1, -0.05) is 19.8 Å². The van der Waals surface area contributed by atoms with Crippen LogP contribution in [0.1, 0.15) is 33.1 Å². The van der Waals surface area contributed by atoms with Crippen molar-refractivity contribution >= 4 is 6.21 Å². The van der Waals surface area contributed by atoms with Gasteiger partial charge in [-0.05, 0) is 13.3 Å². The standard InChI is InChI=1S/C8H17NO/c1-3-4-5-8(6-9)7(2)10/h6-10H,3-5H2,1-2H3. The van der Waals surface area contributed by atoms with Gasteiger partial charge in [0.15, 0.2) is 0 Å². The van der Waals surface area contributed by atoms with Crippen LogP contribution >= 0.6 is 0 Å². The van der Waals surface area contributed by atoms with E-state index in [2.05, 4.69) is 6.92 Å². The zero-order valence-electron chi connectivity index (χ0n) is 6.80. The topological polar surface area (TPSA) is 44.1 Å². The molecule has 0 aliphatic heterocycles. The average molecular weight is 143 g/mol. The first-order valence-electron chi connectivity index (χ1n) is 3.91. The summed E-state index contributed by atoms with van der Waals surface area (Å²) in [5, 5.41) is 16.1. The van der Waals surface area contributed by atoms with E-state index < -0.39 is 0 Å². The van der Waals surface area contributed by atoms with Gasteiger partial charge in [-0.2, -0.15) is 0 Å². The van der Waals surface area contributed by atoms with Crippen molar-refractivity contribution in [3.05, 3.63) is 0 Å². The van der Waals surface area contributed by atoms with Crippen LogP contribution in [0.4, 0.5) is 0 Å². The van der Waals surface area contributed by atoms with Gasteiger partial charge >= 0.3 is 0 Å². The van der Waals surface area contributed by atoms with Gasteiger partial charge in [0.05, 0.1) is 6.10 Å². The number of nitrogens with one attached hydrogen (secondary N) is 1. The van der Waals surface area contributed by atoms with E-state index in [1.165, 1.54) is 6.21 Å². The summed E-state index contributed by atoms with van der Waals surface area (Å²) < 4.78 is 0. The summed E-state index contributed by atoms with van der Waals surface area (Å²) in [6.07, 6.45) is 4.17. The van der Waals surface area contributed by atoms with Crippen molar-refractivity contribution in [1.82, 2.24) is 0 Å². The Bertz CT molecular complexity index is 91.3. The minimum absolute atomic E-state index is 0.0694. The fraction of sp³-hybridized carbons (Fsp3) is 0.875. The Hall–Kier alpha value is -0.370. The van der Waals surface area contributed by atoms with Crippen LogP contribution in [-0.4, -0.2) is 17.4 Å². The summed E-state index contributed by atoms with van der Waals surface area (Å²) in [5.74, 6) is 0.0694. The Morgan fingerprint density at radius 2 is 2.20 bits per heavy atom. The number of unbranched alkanes of at least 4 members (excludes halogenated alkanes) is 1. The number of hydrogen-bond donors (Lipinski definition) is 2. The first-order chi connectivity index (χ1) is 4.72. The van der Waals surface area contributed by atoms with Crippen molar-refractivity contribution in [2.75, 3.05) is 0 Å². The van der Waals surface area contributed by atoms with Crippen LogP contribution in [0.5, 0.6) is 0 Å². The molecule has 0 bridgehead atoms. The summed E-state index contributed by atoms with van der Waals surface area (Å²) in [6, 6.07) is 0. The van der Waals surface area contributed by atoms with E-state index in [1.807, 2.05) is 0 Å². The van der Waals surface area contributed by atoms with E-state index in [0.29, 0.717) is 0 Å². The lowest BCUT2D eigenvalue weighted by Crippen LogP contribution is -2.17. The molecule has 0 aromatic rings. The normalized spacial score (nSPS) is 16.3. The fourth-order valence-corrected chi connectivity index (χ4v) is 0.904. The van der Waals surface area contributed by atoms with Crippen LogP contribution in [0.25, 0.3) is 0 Å². The number of aliphatic hydroxyl groups excluding tert-OH is 1. The van der Waals surface area contributed by atoms with Gasteiger partial charge in [0.1, 0.15) is 0 Å². The molecule has 0 heterocycles. The predicted molar refractivity (Wildman–Crippen MR) is 43.5 cm³/mol. The quantitative estimate of drug-likeness (QED) is 0.566. The number of hydrogen-bond acceptors (Lipinski definition) is 2. The highest BCUT2D eigenvalue weighted by Crippen LogP contribution is 2.09. The lowest BCUT2D eigenvalue weighted by atomic mass is 9.99. The van der Waals surface area contributed by atoms with Crippen molar-refractivity contribution in [2.45, 2.75) is 39.2 Å². The van der Waals surface area contributed by atoms with E-state index in [9.17, 15) is 0 Å². The van der Waals surface area contributed by atoms with E-state index in [-0.39, 0.29) is 12.0 Å². The van der Waals surface area contributed by atoms with Crippen LogP contribution in [0.15, 0.2) is 0 Å². The van der Waals surface area contributed by atoms with Gasteiger partial charge in [0, 0.05) is 12.1 Å². The molecule has 0 aromatic carbocycles. The first kappa shape index (κ1) is 9.63. The van der Waals surface area contributed by atoms with Crippen LogP contribution in [0.2, 0.25) is 0 Å². The zero-order valence-corrected chi connectivity index (χ0v) is 6.80. The lowest BCUT2D eigenvalue weighted by molar-refractivity contribution is 0.153. The molecule has 0 amide bonds. The Kier molecular flexibility index (Phi) is 5.22. The predicted octanol–water partition coefficient (Wildman–Crippen LogP) is 1.82. The van der Waals surface area contributed by atoms with Crippen LogP contribution in [0, 0.1) is 11.3 Å². The molecular weight excluding hydrogens is 126 g/mol. The Balaban J connectivity index is 3.50. The molecule has 0 saturated heterocycles. The van der Waals surface area contributed by atoms with Crippen molar-refractivity contribution < 1.29 is 5.11 Å². The molecule has 0 radical (unpaired) electrons. The summed E-state index contributed by atoms with van der Waals surface area (Å²) in [5.41, 5.74) is 0. The first-order valence-corrected chi connectivity index (χ1v) is 3.91. The van der Waals surface area contributed by atoms with Crippen molar-refractivity contribution in [3.8, 4) is 0 Å². The van der Waals surface area contributed by atoms with Crippen molar-refractivity contribution in [2.24, 2.45) is 5.92 Å².